The molecule has 114 valence electrons. The van der Waals surface area contributed by atoms with Crippen LogP contribution in [0.1, 0.15) is 15.9 Å². The van der Waals surface area contributed by atoms with E-state index in [0.29, 0.717) is 24.2 Å². The average molecular weight is 292 g/mol. The molecule has 0 aromatic heterocycles. The molecule has 1 amide bonds. The lowest BCUT2D eigenvalue weighted by Crippen LogP contribution is -2.56. The highest BCUT2D eigenvalue weighted by molar-refractivity contribution is 5.95. The van der Waals surface area contributed by atoms with Crippen molar-refractivity contribution >= 4 is 11.6 Å². The molecule has 2 rings (SSSR count). The molecule has 7 heteroatoms. The number of carbonyl (C=O) groups is 1. The van der Waals surface area contributed by atoms with Crippen LogP contribution in [0, 0.1) is 17.0 Å². The lowest BCUT2D eigenvalue weighted by molar-refractivity contribution is -0.385. The number of benzene rings is 1. The summed E-state index contributed by atoms with van der Waals surface area (Å²) in [5.74, 6) is -0.193. The van der Waals surface area contributed by atoms with Gasteiger partial charge in [0.25, 0.3) is 11.6 Å². The van der Waals surface area contributed by atoms with Crippen LogP contribution in [0.25, 0.3) is 0 Å². The van der Waals surface area contributed by atoms with Crippen molar-refractivity contribution < 1.29 is 9.72 Å². The Morgan fingerprint density at radius 3 is 2.81 bits per heavy atom. The summed E-state index contributed by atoms with van der Waals surface area (Å²) in [5.41, 5.74) is 6.61. The van der Waals surface area contributed by atoms with Crippen molar-refractivity contribution in [2.45, 2.75) is 13.0 Å². The number of nitro groups is 1. The fraction of sp³-hybridized carbons (Fsp3) is 0.500. The van der Waals surface area contributed by atoms with E-state index in [9.17, 15) is 14.9 Å². The molecule has 7 nitrogen and oxygen atoms in total. The van der Waals surface area contributed by atoms with Crippen LogP contribution >= 0.6 is 0 Å². The number of aryl methyl sites for hydroxylation is 1. The summed E-state index contributed by atoms with van der Waals surface area (Å²) in [6.07, 6.45) is 0. The maximum Gasteiger partial charge on any atom is 0.273 e. The fourth-order valence-electron chi connectivity index (χ4n) is 2.58. The number of nitro benzene ring substituents is 1. The van der Waals surface area contributed by atoms with E-state index in [1.54, 1.807) is 24.0 Å². The van der Waals surface area contributed by atoms with Crippen LogP contribution in [-0.2, 0) is 0 Å². The quantitative estimate of drug-likeness (QED) is 0.651. The third kappa shape index (κ3) is 3.20. The van der Waals surface area contributed by atoms with Gasteiger partial charge in [-0.25, -0.2) is 0 Å². The van der Waals surface area contributed by atoms with Crippen molar-refractivity contribution in [1.82, 2.24) is 9.80 Å². The Balaban J connectivity index is 2.27. The lowest BCUT2D eigenvalue weighted by atomic mass is 10.1. The SMILES string of the molecule is Cc1ccc(C(=O)N2CCN(C)CC2CN)cc1[N+](=O)[O-]. The number of hydrogen-bond acceptors (Lipinski definition) is 5. The number of likely N-dealkylation sites (N-methyl/N-ethyl adjacent to an activating group) is 1. The van der Waals surface area contributed by atoms with Gasteiger partial charge in [-0.3, -0.25) is 14.9 Å². The molecule has 1 atom stereocenters. The highest BCUT2D eigenvalue weighted by atomic mass is 16.6. The monoisotopic (exact) mass is 292 g/mol. The zero-order chi connectivity index (χ0) is 15.6. The van der Waals surface area contributed by atoms with Crippen molar-refractivity contribution in [3.8, 4) is 0 Å². The molecule has 1 aromatic rings. The Morgan fingerprint density at radius 2 is 2.19 bits per heavy atom. The van der Waals surface area contributed by atoms with Gasteiger partial charge in [-0.05, 0) is 20.0 Å². The lowest BCUT2D eigenvalue weighted by Gasteiger charge is -2.39. The summed E-state index contributed by atoms with van der Waals surface area (Å²) in [7, 11) is 1.99. The Labute approximate surface area is 123 Å². The molecule has 1 unspecified atom stereocenters. The summed E-state index contributed by atoms with van der Waals surface area (Å²) < 4.78 is 0. The molecular weight excluding hydrogens is 272 g/mol. The molecule has 1 saturated heterocycles. The molecule has 1 aromatic carbocycles. The van der Waals surface area contributed by atoms with E-state index in [0.717, 1.165) is 13.1 Å². The number of amides is 1. The second-order valence-corrected chi connectivity index (χ2v) is 5.41. The maximum atomic E-state index is 12.6. The summed E-state index contributed by atoms with van der Waals surface area (Å²) >= 11 is 0. The van der Waals surface area contributed by atoms with Gasteiger partial charge in [-0.1, -0.05) is 6.07 Å². The Kier molecular flexibility index (Phi) is 4.54. The number of hydrogen-bond donors (Lipinski definition) is 1. The average Bonchev–Trinajstić information content (AvgIpc) is 2.46. The smallest absolute Gasteiger partial charge is 0.273 e. The molecule has 2 N–H and O–H groups in total. The molecule has 21 heavy (non-hydrogen) atoms. The standard InChI is InChI=1S/C14H20N4O3/c1-10-3-4-11(7-13(10)18(20)21)14(19)17-6-5-16(2)9-12(17)8-15/h3-4,7,12H,5-6,8-9,15H2,1-2H3. The van der Waals surface area contributed by atoms with Gasteiger partial charge in [0, 0.05) is 43.4 Å². The zero-order valence-corrected chi connectivity index (χ0v) is 12.3. The first-order valence-corrected chi connectivity index (χ1v) is 6.88. The minimum Gasteiger partial charge on any atom is -0.332 e. The number of rotatable bonds is 3. The summed E-state index contributed by atoms with van der Waals surface area (Å²) in [4.78, 5) is 27.0. The van der Waals surface area contributed by atoms with Gasteiger partial charge in [0.05, 0.1) is 11.0 Å². The van der Waals surface area contributed by atoms with Gasteiger partial charge in [0.15, 0.2) is 0 Å². The largest absolute Gasteiger partial charge is 0.332 e. The van der Waals surface area contributed by atoms with E-state index in [1.807, 2.05) is 7.05 Å². The molecule has 0 bridgehead atoms. The molecule has 0 radical (unpaired) electrons. The first-order chi connectivity index (χ1) is 9.93. The Hall–Kier alpha value is -1.99. The molecule has 0 aliphatic carbocycles. The van der Waals surface area contributed by atoms with Crippen LogP contribution in [0.4, 0.5) is 5.69 Å². The molecular formula is C14H20N4O3. The Morgan fingerprint density at radius 1 is 1.48 bits per heavy atom. The van der Waals surface area contributed by atoms with E-state index < -0.39 is 4.92 Å². The van der Waals surface area contributed by atoms with Gasteiger partial charge in [-0.2, -0.15) is 0 Å². The third-order valence-electron chi connectivity index (χ3n) is 3.87. The summed E-state index contributed by atoms with van der Waals surface area (Å²) in [6.45, 7) is 4.11. The molecule has 0 saturated carbocycles. The van der Waals surface area contributed by atoms with Crippen LogP contribution in [0.3, 0.4) is 0 Å². The second kappa shape index (κ2) is 6.19. The van der Waals surface area contributed by atoms with Crippen LogP contribution in [0.15, 0.2) is 18.2 Å². The highest BCUT2D eigenvalue weighted by Gasteiger charge is 2.29. The maximum absolute atomic E-state index is 12.6. The van der Waals surface area contributed by atoms with Gasteiger partial charge in [0.2, 0.25) is 0 Å². The van der Waals surface area contributed by atoms with Gasteiger partial charge >= 0.3 is 0 Å². The predicted molar refractivity (Wildman–Crippen MR) is 79.2 cm³/mol. The number of nitrogens with zero attached hydrogens (tertiary/aromatic N) is 3. The van der Waals surface area contributed by atoms with E-state index >= 15 is 0 Å². The fourth-order valence-corrected chi connectivity index (χ4v) is 2.58. The van der Waals surface area contributed by atoms with Crippen molar-refractivity contribution in [2.75, 3.05) is 33.2 Å². The normalized spacial score (nSPS) is 19.6. The first kappa shape index (κ1) is 15.4. The summed E-state index contributed by atoms with van der Waals surface area (Å²) in [5, 5.41) is 11.0. The number of carbonyl (C=O) groups excluding carboxylic acids is 1. The zero-order valence-electron chi connectivity index (χ0n) is 12.3. The number of nitrogens with two attached hydrogens (primary N) is 1. The highest BCUT2D eigenvalue weighted by Crippen LogP contribution is 2.21. The minimum absolute atomic E-state index is 0.0284. The number of piperazine rings is 1. The van der Waals surface area contributed by atoms with E-state index in [4.69, 9.17) is 5.73 Å². The van der Waals surface area contributed by atoms with Crippen LogP contribution in [0.2, 0.25) is 0 Å². The van der Waals surface area contributed by atoms with Crippen molar-refractivity contribution in [2.24, 2.45) is 5.73 Å². The molecule has 0 spiro atoms. The summed E-state index contributed by atoms with van der Waals surface area (Å²) in [6, 6.07) is 4.54. The molecule has 1 heterocycles. The second-order valence-electron chi connectivity index (χ2n) is 5.41. The van der Waals surface area contributed by atoms with Crippen molar-refractivity contribution in [3.05, 3.63) is 39.4 Å². The molecule has 1 fully saturated rings. The van der Waals surface area contributed by atoms with E-state index in [1.165, 1.54) is 6.07 Å². The minimum atomic E-state index is -0.462. The van der Waals surface area contributed by atoms with Crippen molar-refractivity contribution in [3.63, 3.8) is 0 Å². The van der Waals surface area contributed by atoms with Gasteiger partial charge in [-0.15, -0.1) is 0 Å². The third-order valence-corrected chi connectivity index (χ3v) is 3.87. The van der Waals surface area contributed by atoms with Crippen LogP contribution < -0.4 is 5.73 Å². The van der Waals surface area contributed by atoms with Gasteiger partial charge < -0.3 is 15.5 Å². The topological polar surface area (TPSA) is 92.7 Å². The molecule has 1 aliphatic heterocycles. The van der Waals surface area contributed by atoms with E-state index in [-0.39, 0.29) is 17.6 Å². The predicted octanol–water partition coefficient (Wildman–Crippen LogP) is 0.618. The van der Waals surface area contributed by atoms with Crippen molar-refractivity contribution in [1.29, 1.82) is 0 Å². The van der Waals surface area contributed by atoms with E-state index in [2.05, 4.69) is 4.90 Å². The Bertz CT molecular complexity index is 561. The van der Waals surface area contributed by atoms with Crippen LogP contribution in [-0.4, -0.2) is 59.9 Å². The first-order valence-electron chi connectivity index (χ1n) is 6.88. The van der Waals surface area contributed by atoms with Gasteiger partial charge in [0.1, 0.15) is 0 Å². The molecule has 1 aliphatic rings. The van der Waals surface area contributed by atoms with Crippen LogP contribution in [0.5, 0.6) is 0 Å².